The Morgan fingerprint density at radius 3 is 2.65 bits per heavy atom. The quantitative estimate of drug-likeness (QED) is 0.785. The zero-order valence-corrected chi connectivity index (χ0v) is 11.0. The molecule has 0 aliphatic heterocycles. The number of hydrogen-bond acceptors (Lipinski definition) is 2. The molecule has 1 amide bonds. The molecule has 0 saturated heterocycles. The standard InChI is InChI=1S/C16H15N3O/c17-15(20)9-13-7-4-8-14-11-19(18-16(13)14)10-12-5-2-1-3-6-12/h1-8,11H,9-10H2,(H2,17,20). The van der Waals surface area contributed by atoms with Crippen LogP contribution in [0.4, 0.5) is 0 Å². The zero-order chi connectivity index (χ0) is 13.9. The molecule has 20 heavy (non-hydrogen) atoms. The van der Waals surface area contributed by atoms with E-state index in [1.807, 2.05) is 47.3 Å². The molecule has 2 aromatic carbocycles. The molecule has 0 saturated carbocycles. The fraction of sp³-hybridized carbons (Fsp3) is 0.125. The van der Waals surface area contributed by atoms with Crippen molar-refractivity contribution in [2.45, 2.75) is 13.0 Å². The Balaban J connectivity index is 1.96. The fourth-order valence-electron chi connectivity index (χ4n) is 2.34. The zero-order valence-electron chi connectivity index (χ0n) is 11.0. The predicted molar refractivity (Wildman–Crippen MR) is 78.2 cm³/mol. The van der Waals surface area contributed by atoms with E-state index in [-0.39, 0.29) is 12.3 Å². The summed E-state index contributed by atoms with van der Waals surface area (Å²) in [5, 5.41) is 5.60. The van der Waals surface area contributed by atoms with E-state index in [9.17, 15) is 4.79 Å². The number of hydrogen-bond donors (Lipinski definition) is 1. The summed E-state index contributed by atoms with van der Waals surface area (Å²) in [5.74, 6) is -0.338. The van der Waals surface area contributed by atoms with Crippen LogP contribution in [0.1, 0.15) is 11.1 Å². The summed E-state index contributed by atoms with van der Waals surface area (Å²) in [7, 11) is 0. The number of nitrogens with zero attached hydrogens (tertiary/aromatic N) is 2. The Bertz CT molecular complexity index is 747. The molecule has 0 bridgehead atoms. The van der Waals surface area contributed by atoms with Crippen LogP contribution in [0.3, 0.4) is 0 Å². The molecular weight excluding hydrogens is 250 g/mol. The van der Waals surface area contributed by atoms with E-state index in [1.54, 1.807) is 0 Å². The number of fused-ring (bicyclic) bond motifs is 1. The molecule has 100 valence electrons. The summed E-state index contributed by atoms with van der Waals surface area (Å²) < 4.78 is 1.89. The van der Waals surface area contributed by atoms with Gasteiger partial charge in [0, 0.05) is 11.6 Å². The van der Waals surface area contributed by atoms with Crippen LogP contribution in [0.2, 0.25) is 0 Å². The molecule has 0 unspecified atom stereocenters. The first kappa shape index (κ1) is 12.4. The van der Waals surface area contributed by atoms with Gasteiger partial charge in [0.25, 0.3) is 0 Å². The summed E-state index contributed by atoms with van der Waals surface area (Å²) in [6, 6.07) is 16.0. The molecule has 0 fully saturated rings. The highest BCUT2D eigenvalue weighted by Gasteiger charge is 2.08. The van der Waals surface area contributed by atoms with Crippen LogP contribution in [-0.2, 0) is 17.8 Å². The van der Waals surface area contributed by atoms with Crippen LogP contribution in [0.5, 0.6) is 0 Å². The van der Waals surface area contributed by atoms with Crippen molar-refractivity contribution in [1.82, 2.24) is 9.78 Å². The molecule has 0 aliphatic carbocycles. The van der Waals surface area contributed by atoms with Crippen LogP contribution in [0.15, 0.2) is 54.7 Å². The lowest BCUT2D eigenvalue weighted by atomic mass is 10.1. The van der Waals surface area contributed by atoms with Gasteiger partial charge in [0.15, 0.2) is 0 Å². The van der Waals surface area contributed by atoms with Crippen LogP contribution >= 0.6 is 0 Å². The van der Waals surface area contributed by atoms with Gasteiger partial charge in [-0.3, -0.25) is 9.48 Å². The largest absolute Gasteiger partial charge is 0.369 e. The summed E-state index contributed by atoms with van der Waals surface area (Å²) in [6.07, 6.45) is 2.21. The molecule has 4 nitrogen and oxygen atoms in total. The van der Waals surface area contributed by atoms with Crippen molar-refractivity contribution in [3.63, 3.8) is 0 Å². The third kappa shape index (κ3) is 2.54. The number of nitrogens with two attached hydrogens (primary N) is 1. The van der Waals surface area contributed by atoms with E-state index >= 15 is 0 Å². The van der Waals surface area contributed by atoms with Gasteiger partial charge in [-0.05, 0) is 11.1 Å². The molecule has 0 aliphatic rings. The van der Waals surface area contributed by atoms with Gasteiger partial charge in [0.05, 0.1) is 18.5 Å². The lowest BCUT2D eigenvalue weighted by Crippen LogP contribution is -2.13. The minimum atomic E-state index is -0.338. The second kappa shape index (κ2) is 5.17. The van der Waals surface area contributed by atoms with Crippen LogP contribution in [0, 0.1) is 0 Å². The molecule has 0 atom stereocenters. The molecule has 4 heteroatoms. The number of rotatable bonds is 4. The van der Waals surface area contributed by atoms with Gasteiger partial charge in [0.1, 0.15) is 0 Å². The van der Waals surface area contributed by atoms with Gasteiger partial charge in [-0.1, -0.05) is 48.5 Å². The highest BCUT2D eigenvalue weighted by molar-refractivity contribution is 5.86. The number of amides is 1. The van der Waals surface area contributed by atoms with Gasteiger partial charge in [-0.2, -0.15) is 5.10 Å². The molecule has 1 heterocycles. The third-order valence-corrected chi connectivity index (χ3v) is 3.22. The summed E-state index contributed by atoms with van der Waals surface area (Å²) in [6.45, 7) is 0.714. The maximum Gasteiger partial charge on any atom is 0.221 e. The average molecular weight is 265 g/mol. The third-order valence-electron chi connectivity index (χ3n) is 3.22. The topological polar surface area (TPSA) is 60.9 Å². The smallest absolute Gasteiger partial charge is 0.221 e. The predicted octanol–water partition coefficient (Wildman–Crippen LogP) is 2.11. The van der Waals surface area contributed by atoms with Crippen LogP contribution in [0.25, 0.3) is 10.9 Å². The molecule has 0 spiro atoms. The van der Waals surface area contributed by atoms with Crippen molar-refractivity contribution >= 4 is 16.8 Å². The van der Waals surface area contributed by atoms with Gasteiger partial charge in [0.2, 0.25) is 5.91 Å². The van der Waals surface area contributed by atoms with E-state index in [1.165, 1.54) is 5.56 Å². The highest BCUT2D eigenvalue weighted by Crippen LogP contribution is 2.18. The second-order valence-corrected chi connectivity index (χ2v) is 4.81. The first-order chi connectivity index (χ1) is 9.72. The first-order valence-electron chi connectivity index (χ1n) is 6.49. The Morgan fingerprint density at radius 1 is 1.10 bits per heavy atom. The minimum absolute atomic E-state index is 0.222. The Labute approximate surface area is 116 Å². The monoisotopic (exact) mass is 265 g/mol. The number of primary amides is 1. The number of carbonyl (C=O) groups is 1. The first-order valence-corrected chi connectivity index (χ1v) is 6.49. The molecule has 0 radical (unpaired) electrons. The van der Waals surface area contributed by atoms with Gasteiger partial charge >= 0.3 is 0 Å². The number of carbonyl (C=O) groups excluding carboxylic acids is 1. The van der Waals surface area contributed by atoms with E-state index in [0.29, 0.717) is 6.54 Å². The van der Waals surface area contributed by atoms with Crippen molar-refractivity contribution in [2.24, 2.45) is 5.73 Å². The van der Waals surface area contributed by atoms with E-state index < -0.39 is 0 Å². The van der Waals surface area contributed by atoms with Crippen LogP contribution in [-0.4, -0.2) is 15.7 Å². The lowest BCUT2D eigenvalue weighted by Gasteiger charge is -2.01. The van der Waals surface area contributed by atoms with Crippen molar-refractivity contribution in [1.29, 1.82) is 0 Å². The van der Waals surface area contributed by atoms with Crippen molar-refractivity contribution < 1.29 is 4.79 Å². The van der Waals surface area contributed by atoms with E-state index in [2.05, 4.69) is 17.2 Å². The average Bonchev–Trinajstić information content (AvgIpc) is 2.83. The van der Waals surface area contributed by atoms with Gasteiger partial charge < -0.3 is 5.73 Å². The van der Waals surface area contributed by atoms with Crippen molar-refractivity contribution in [2.75, 3.05) is 0 Å². The second-order valence-electron chi connectivity index (χ2n) is 4.81. The van der Waals surface area contributed by atoms with Crippen molar-refractivity contribution in [3.8, 4) is 0 Å². The summed E-state index contributed by atoms with van der Waals surface area (Å²) in [5.41, 5.74) is 8.19. The van der Waals surface area contributed by atoms with E-state index in [4.69, 9.17) is 5.73 Å². The van der Waals surface area contributed by atoms with Gasteiger partial charge in [-0.15, -0.1) is 0 Å². The van der Waals surface area contributed by atoms with Crippen LogP contribution < -0.4 is 5.73 Å². The minimum Gasteiger partial charge on any atom is -0.369 e. The summed E-state index contributed by atoms with van der Waals surface area (Å²) in [4.78, 5) is 11.1. The Kier molecular flexibility index (Phi) is 3.21. The fourth-order valence-corrected chi connectivity index (χ4v) is 2.34. The van der Waals surface area contributed by atoms with Gasteiger partial charge in [-0.25, -0.2) is 0 Å². The Morgan fingerprint density at radius 2 is 1.90 bits per heavy atom. The summed E-state index contributed by atoms with van der Waals surface area (Å²) >= 11 is 0. The number of benzene rings is 2. The molecular formula is C16H15N3O. The van der Waals surface area contributed by atoms with E-state index in [0.717, 1.165) is 16.5 Å². The molecule has 2 N–H and O–H groups in total. The molecule has 3 aromatic rings. The maximum absolute atomic E-state index is 11.1. The van der Waals surface area contributed by atoms with Crippen molar-refractivity contribution in [3.05, 3.63) is 65.9 Å². The SMILES string of the molecule is NC(=O)Cc1cccc2cn(Cc3ccccc3)nc12. The normalized spacial score (nSPS) is 10.8. The lowest BCUT2D eigenvalue weighted by molar-refractivity contribution is -0.117. The molecule has 1 aromatic heterocycles. The highest BCUT2D eigenvalue weighted by atomic mass is 16.1. The number of aromatic nitrogens is 2. The maximum atomic E-state index is 11.1. The Hall–Kier alpha value is -2.62. The molecule has 3 rings (SSSR count).